The predicted molar refractivity (Wildman–Crippen MR) is 58.8 cm³/mol. The first-order valence-electron chi connectivity index (χ1n) is 5.51. The Kier molecular flexibility index (Phi) is 2.92. The van der Waals surface area contributed by atoms with E-state index in [0.29, 0.717) is 29.3 Å². The van der Waals surface area contributed by atoms with Crippen molar-refractivity contribution >= 4 is 0 Å². The molecular formula is C12H22N2. The van der Waals surface area contributed by atoms with Crippen LogP contribution in [0.3, 0.4) is 0 Å². The SMILES string of the molecule is CCC(CC#N)NC1C(C)(C)C1(C)C. The van der Waals surface area contributed by atoms with E-state index >= 15 is 0 Å². The van der Waals surface area contributed by atoms with Crippen LogP contribution in [0.5, 0.6) is 0 Å². The van der Waals surface area contributed by atoms with Crippen LogP contribution < -0.4 is 5.32 Å². The molecule has 1 aliphatic rings. The molecule has 1 atom stereocenters. The fraction of sp³-hybridized carbons (Fsp3) is 0.917. The van der Waals surface area contributed by atoms with Gasteiger partial charge in [-0.3, -0.25) is 0 Å². The van der Waals surface area contributed by atoms with Gasteiger partial charge in [-0.05, 0) is 17.3 Å². The predicted octanol–water partition coefficient (Wildman–Crippen LogP) is 2.70. The highest BCUT2D eigenvalue weighted by Gasteiger charge is 2.64. The van der Waals surface area contributed by atoms with Gasteiger partial charge in [0.25, 0.3) is 0 Å². The van der Waals surface area contributed by atoms with Gasteiger partial charge in [0, 0.05) is 12.1 Å². The zero-order valence-corrected chi connectivity index (χ0v) is 10.0. The minimum Gasteiger partial charge on any atom is -0.309 e. The fourth-order valence-electron chi connectivity index (χ4n) is 2.28. The number of hydrogen-bond acceptors (Lipinski definition) is 2. The van der Waals surface area contributed by atoms with Crippen molar-refractivity contribution in [2.75, 3.05) is 0 Å². The molecule has 1 rings (SSSR count). The summed E-state index contributed by atoms with van der Waals surface area (Å²) in [5, 5.41) is 12.3. The molecule has 2 heteroatoms. The van der Waals surface area contributed by atoms with E-state index in [1.165, 1.54) is 0 Å². The molecule has 1 unspecified atom stereocenters. The summed E-state index contributed by atoms with van der Waals surface area (Å²) in [6.45, 7) is 11.3. The molecule has 1 N–H and O–H groups in total. The van der Waals surface area contributed by atoms with Crippen LogP contribution in [0.4, 0.5) is 0 Å². The number of nitriles is 1. The molecule has 0 radical (unpaired) electrons. The lowest BCUT2D eigenvalue weighted by atomic mass is 10.0. The molecule has 0 aromatic carbocycles. The van der Waals surface area contributed by atoms with Crippen LogP contribution in [-0.4, -0.2) is 12.1 Å². The van der Waals surface area contributed by atoms with E-state index in [2.05, 4.69) is 46.0 Å². The first kappa shape index (κ1) is 11.5. The fourth-order valence-corrected chi connectivity index (χ4v) is 2.28. The molecule has 0 aromatic rings. The highest BCUT2D eigenvalue weighted by atomic mass is 15.1. The second-order valence-corrected chi connectivity index (χ2v) is 5.51. The molecule has 0 bridgehead atoms. The maximum atomic E-state index is 8.67. The first-order chi connectivity index (χ1) is 6.37. The molecular weight excluding hydrogens is 172 g/mol. The zero-order valence-electron chi connectivity index (χ0n) is 10.0. The summed E-state index contributed by atoms with van der Waals surface area (Å²) in [6, 6.07) is 3.17. The van der Waals surface area contributed by atoms with Crippen molar-refractivity contribution in [1.82, 2.24) is 5.32 Å². The minimum absolute atomic E-state index is 0.367. The van der Waals surface area contributed by atoms with E-state index < -0.39 is 0 Å². The molecule has 2 nitrogen and oxygen atoms in total. The monoisotopic (exact) mass is 194 g/mol. The molecule has 14 heavy (non-hydrogen) atoms. The maximum Gasteiger partial charge on any atom is 0.0638 e. The molecule has 80 valence electrons. The van der Waals surface area contributed by atoms with Gasteiger partial charge in [0.05, 0.1) is 12.5 Å². The van der Waals surface area contributed by atoms with Crippen LogP contribution >= 0.6 is 0 Å². The van der Waals surface area contributed by atoms with Crippen LogP contribution in [0.15, 0.2) is 0 Å². The quantitative estimate of drug-likeness (QED) is 0.747. The third-order valence-electron chi connectivity index (χ3n) is 4.25. The third-order valence-corrected chi connectivity index (χ3v) is 4.25. The van der Waals surface area contributed by atoms with E-state index in [9.17, 15) is 0 Å². The van der Waals surface area contributed by atoms with Gasteiger partial charge in [-0.15, -0.1) is 0 Å². The Morgan fingerprint density at radius 1 is 1.29 bits per heavy atom. The molecule has 1 fully saturated rings. The van der Waals surface area contributed by atoms with Crippen molar-refractivity contribution in [3.63, 3.8) is 0 Å². The lowest BCUT2D eigenvalue weighted by Crippen LogP contribution is -2.33. The van der Waals surface area contributed by atoms with Crippen LogP contribution in [0.1, 0.15) is 47.5 Å². The van der Waals surface area contributed by atoms with Crippen LogP contribution in [0.2, 0.25) is 0 Å². The molecule has 1 saturated carbocycles. The molecule has 0 saturated heterocycles. The summed E-state index contributed by atoms with van der Waals surface area (Å²) in [5.74, 6) is 0. The smallest absolute Gasteiger partial charge is 0.0638 e. The van der Waals surface area contributed by atoms with E-state index in [0.717, 1.165) is 6.42 Å². The van der Waals surface area contributed by atoms with Crippen LogP contribution in [-0.2, 0) is 0 Å². The summed E-state index contributed by atoms with van der Waals surface area (Å²) in [7, 11) is 0. The Bertz CT molecular complexity index is 234. The van der Waals surface area contributed by atoms with Gasteiger partial charge < -0.3 is 5.32 Å². The second-order valence-electron chi connectivity index (χ2n) is 5.51. The van der Waals surface area contributed by atoms with Crippen molar-refractivity contribution in [2.45, 2.75) is 59.5 Å². The Balaban J connectivity index is 2.51. The molecule has 0 aliphatic heterocycles. The summed E-state index contributed by atoms with van der Waals surface area (Å²) < 4.78 is 0. The van der Waals surface area contributed by atoms with Gasteiger partial charge in [0.2, 0.25) is 0 Å². The van der Waals surface area contributed by atoms with E-state index in [4.69, 9.17) is 5.26 Å². The molecule has 0 heterocycles. The van der Waals surface area contributed by atoms with Crippen LogP contribution in [0, 0.1) is 22.2 Å². The zero-order chi connectivity index (χ0) is 11.0. The number of nitrogens with one attached hydrogen (secondary N) is 1. The van der Waals surface area contributed by atoms with Gasteiger partial charge in [0.1, 0.15) is 0 Å². The van der Waals surface area contributed by atoms with Gasteiger partial charge in [0.15, 0.2) is 0 Å². The number of nitrogens with zero attached hydrogens (tertiary/aromatic N) is 1. The average molecular weight is 194 g/mol. The average Bonchev–Trinajstić information content (AvgIpc) is 2.46. The Hall–Kier alpha value is -0.550. The highest BCUT2D eigenvalue weighted by molar-refractivity contribution is 5.18. The normalized spacial score (nSPS) is 25.4. The van der Waals surface area contributed by atoms with E-state index in [1.807, 2.05) is 0 Å². The lowest BCUT2D eigenvalue weighted by Gasteiger charge is -2.15. The van der Waals surface area contributed by atoms with Gasteiger partial charge >= 0.3 is 0 Å². The Morgan fingerprint density at radius 2 is 1.79 bits per heavy atom. The number of rotatable bonds is 4. The van der Waals surface area contributed by atoms with Gasteiger partial charge in [-0.2, -0.15) is 5.26 Å². The summed E-state index contributed by atoms with van der Waals surface area (Å²) in [4.78, 5) is 0. The van der Waals surface area contributed by atoms with Crippen molar-refractivity contribution in [2.24, 2.45) is 10.8 Å². The summed E-state index contributed by atoms with van der Waals surface area (Å²) >= 11 is 0. The first-order valence-corrected chi connectivity index (χ1v) is 5.51. The molecule has 1 aliphatic carbocycles. The minimum atomic E-state index is 0.367. The standard InChI is InChI=1S/C12H22N2/c1-6-9(7-8-13)14-10-11(2,3)12(10,4)5/h9-10,14H,6-7H2,1-5H3. The largest absolute Gasteiger partial charge is 0.309 e. The lowest BCUT2D eigenvalue weighted by molar-refractivity contribution is 0.453. The highest BCUT2D eigenvalue weighted by Crippen LogP contribution is 2.62. The van der Waals surface area contributed by atoms with Crippen molar-refractivity contribution in [3.8, 4) is 6.07 Å². The van der Waals surface area contributed by atoms with Crippen molar-refractivity contribution in [1.29, 1.82) is 5.26 Å². The van der Waals surface area contributed by atoms with Crippen molar-refractivity contribution < 1.29 is 0 Å². The summed E-state index contributed by atoms with van der Waals surface area (Å²) in [5.41, 5.74) is 0.742. The Morgan fingerprint density at radius 3 is 2.07 bits per heavy atom. The Labute approximate surface area is 87.7 Å². The molecule has 0 spiro atoms. The van der Waals surface area contributed by atoms with Gasteiger partial charge in [-0.25, -0.2) is 0 Å². The third kappa shape index (κ3) is 1.66. The van der Waals surface area contributed by atoms with Crippen LogP contribution in [0.25, 0.3) is 0 Å². The summed E-state index contributed by atoms with van der Waals surface area (Å²) in [6.07, 6.45) is 1.66. The maximum absolute atomic E-state index is 8.67. The second kappa shape index (κ2) is 3.55. The van der Waals surface area contributed by atoms with Crippen molar-refractivity contribution in [3.05, 3.63) is 0 Å². The van der Waals surface area contributed by atoms with Gasteiger partial charge in [-0.1, -0.05) is 34.6 Å². The van der Waals surface area contributed by atoms with E-state index in [1.54, 1.807) is 0 Å². The topological polar surface area (TPSA) is 35.8 Å². The number of hydrogen-bond donors (Lipinski definition) is 1. The van der Waals surface area contributed by atoms with E-state index in [-0.39, 0.29) is 0 Å². The molecule has 0 amide bonds. The molecule has 0 aromatic heterocycles.